The molecule has 1 aliphatic carbocycles. The number of aryl methyl sites for hydroxylation is 1. The number of rotatable bonds is 2. The molecular weight excluding hydrogens is 181 g/mol. The van der Waals surface area contributed by atoms with Crippen molar-refractivity contribution in [2.45, 2.75) is 18.8 Å². The van der Waals surface area contributed by atoms with Crippen molar-refractivity contribution in [2.75, 3.05) is 6.54 Å². The molecule has 0 saturated heterocycles. The summed E-state index contributed by atoms with van der Waals surface area (Å²) >= 11 is 0. The number of nitrogens with zero attached hydrogens (tertiary/aromatic N) is 1. The Morgan fingerprint density at radius 1 is 1.57 bits per heavy atom. The van der Waals surface area contributed by atoms with Gasteiger partial charge in [-0.05, 0) is 36.1 Å². The summed E-state index contributed by atoms with van der Waals surface area (Å²) in [5, 5.41) is 0. The molecule has 0 N–H and O–H groups in total. The first-order valence-corrected chi connectivity index (χ1v) is 4.63. The molecule has 0 bridgehead atoms. The van der Waals surface area contributed by atoms with Crippen molar-refractivity contribution in [1.82, 2.24) is 0 Å². The Kier molecular flexibility index (Phi) is 2.42. The van der Waals surface area contributed by atoms with E-state index in [-0.39, 0.29) is 11.7 Å². The van der Waals surface area contributed by atoms with E-state index in [1.165, 1.54) is 12.1 Å². The second-order valence-electron chi connectivity index (χ2n) is 3.51. The summed E-state index contributed by atoms with van der Waals surface area (Å²) in [6.45, 7) is 0.474. The number of hydrogen-bond donors (Lipinski definition) is 0. The van der Waals surface area contributed by atoms with Crippen LogP contribution in [-0.4, -0.2) is 12.6 Å². The molecule has 0 radical (unpaired) electrons. The average molecular weight is 191 g/mol. The number of carbonyl (C=O) groups excluding carboxylic acids is 1. The average Bonchev–Trinajstić information content (AvgIpc) is 2.57. The summed E-state index contributed by atoms with van der Waals surface area (Å²) in [6, 6.07) is 4.82. The molecule has 1 atom stereocenters. The SMILES string of the molecule is O=C=NCC1CCc2cc(F)ccc21. The Labute approximate surface area is 81.5 Å². The van der Waals surface area contributed by atoms with Crippen molar-refractivity contribution in [1.29, 1.82) is 0 Å². The highest BCUT2D eigenvalue weighted by molar-refractivity contribution is 5.37. The van der Waals surface area contributed by atoms with Gasteiger partial charge in [0, 0.05) is 5.92 Å². The van der Waals surface area contributed by atoms with Gasteiger partial charge in [0.2, 0.25) is 6.08 Å². The standard InChI is InChI=1S/C11H10FNO/c12-10-3-4-11-8(5-10)1-2-9(11)6-13-7-14/h3-5,9H,1-2,6H2. The predicted molar refractivity (Wildman–Crippen MR) is 50.5 cm³/mol. The van der Waals surface area contributed by atoms with E-state index < -0.39 is 0 Å². The molecule has 72 valence electrons. The van der Waals surface area contributed by atoms with Crippen LogP contribution in [0.25, 0.3) is 0 Å². The van der Waals surface area contributed by atoms with Gasteiger partial charge in [-0.15, -0.1) is 0 Å². The highest BCUT2D eigenvalue weighted by Crippen LogP contribution is 2.33. The lowest BCUT2D eigenvalue weighted by molar-refractivity contribution is 0.560. The van der Waals surface area contributed by atoms with Crippen molar-refractivity contribution < 1.29 is 9.18 Å². The summed E-state index contributed by atoms with van der Waals surface area (Å²) < 4.78 is 12.9. The van der Waals surface area contributed by atoms with Gasteiger partial charge < -0.3 is 0 Å². The summed E-state index contributed by atoms with van der Waals surface area (Å²) in [7, 11) is 0. The van der Waals surface area contributed by atoms with Crippen LogP contribution in [-0.2, 0) is 11.2 Å². The molecule has 14 heavy (non-hydrogen) atoms. The first-order valence-electron chi connectivity index (χ1n) is 4.63. The monoisotopic (exact) mass is 191 g/mol. The van der Waals surface area contributed by atoms with Crippen molar-refractivity contribution >= 4 is 6.08 Å². The fraction of sp³-hybridized carbons (Fsp3) is 0.364. The van der Waals surface area contributed by atoms with Gasteiger partial charge in [0.1, 0.15) is 5.82 Å². The number of hydrogen-bond acceptors (Lipinski definition) is 2. The Morgan fingerprint density at radius 2 is 2.43 bits per heavy atom. The van der Waals surface area contributed by atoms with E-state index in [2.05, 4.69) is 4.99 Å². The number of benzene rings is 1. The van der Waals surface area contributed by atoms with Crippen LogP contribution in [0.2, 0.25) is 0 Å². The highest BCUT2D eigenvalue weighted by Gasteiger charge is 2.22. The topological polar surface area (TPSA) is 29.4 Å². The van der Waals surface area contributed by atoms with E-state index in [9.17, 15) is 9.18 Å². The van der Waals surface area contributed by atoms with Gasteiger partial charge in [-0.1, -0.05) is 6.07 Å². The molecule has 0 amide bonds. The minimum atomic E-state index is -0.191. The zero-order valence-corrected chi connectivity index (χ0v) is 7.66. The van der Waals surface area contributed by atoms with Crippen LogP contribution in [0.5, 0.6) is 0 Å². The normalized spacial score (nSPS) is 18.8. The lowest BCUT2D eigenvalue weighted by atomic mass is 10.0. The Morgan fingerprint density at radius 3 is 3.21 bits per heavy atom. The van der Waals surface area contributed by atoms with Crippen LogP contribution in [0.1, 0.15) is 23.5 Å². The molecular formula is C11H10FNO. The molecule has 1 unspecified atom stereocenters. The zero-order chi connectivity index (χ0) is 9.97. The number of aliphatic imine (C=N–C) groups is 1. The quantitative estimate of drug-likeness (QED) is 0.520. The Hall–Kier alpha value is -1.47. The minimum absolute atomic E-state index is 0.191. The first-order chi connectivity index (χ1) is 6.81. The van der Waals surface area contributed by atoms with Crippen LogP contribution >= 0.6 is 0 Å². The molecule has 3 heteroatoms. The maximum atomic E-state index is 12.9. The van der Waals surface area contributed by atoms with Gasteiger partial charge in [-0.3, -0.25) is 0 Å². The van der Waals surface area contributed by atoms with E-state index >= 15 is 0 Å². The van der Waals surface area contributed by atoms with Crippen LogP contribution in [0.3, 0.4) is 0 Å². The minimum Gasteiger partial charge on any atom is -0.211 e. The number of halogens is 1. The molecule has 0 spiro atoms. The van der Waals surface area contributed by atoms with Crippen LogP contribution < -0.4 is 0 Å². The van der Waals surface area contributed by atoms with Gasteiger partial charge in [-0.25, -0.2) is 14.2 Å². The smallest absolute Gasteiger partial charge is 0.211 e. The summed E-state index contributed by atoms with van der Waals surface area (Å²) in [6.07, 6.45) is 3.37. The zero-order valence-electron chi connectivity index (χ0n) is 7.66. The van der Waals surface area contributed by atoms with E-state index in [1.807, 2.05) is 0 Å². The van der Waals surface area contributed by atoms with Gasteiger partial charge in [0.25, 0.3) is 0 Å². The van der Waals surface area contributed by atoms with Crippen LogP contribution in [0, 0.1) is 5.82 Å². The summed E-state index contributed by atoms with van der Waals surface area (Å²) in [5.74, 6) is 0.0790. The van der Waals surface area contributed by atoms with Crippen molar-refractivity contribution in [2.24, 2.45) is 4.99 Å². The molecule has 0 saturated carbocycles. The van der Waals surface area contributed by atoms with Gasteiger partial charge >= 0.3 is 0 Å². The van der Waals surface area contributed by atoms with Gasteiger partial charge in [0.15, 0.2) is 0 Å². The predicted octanol–water partition coefficient (Wildman–Crippen LogP) is 2.19. The number of fused-ring (bicyclic) bond motifs is 1. The molecule has 1 aliphatic rings. The Balaban J connectivity index is 2.26. The van der Waals surface area contributed by atoms with Gasteiger partial charge in [-0.2, -0.15) is 0 Å². The largest absolute Gasteiger partial charge is 0.234 e. The van der Waals surface area contributed by atoms with E-state index in [0.29, 0.717) is 6.54 Å². The fourth-order valence-corrected chi connectivity index (χ4v) is 2.01. The maximum Gasteiger partial charge on any atom is 0.234 e. The second-order valence-corrected chi connectivity index (χ2v) is 3.51. The van der Waals surface area contributed by atoms with Crippen molar-refractivity contribution in [3.05, 3.63) is 35.1 Å². The highest BCUT2D eigenvalue weighted by atomic mass is 19.1. The molecule has 0 fully saturated rings. The molecule has 0 aromatic heterocycles. The van der Waals surface area contributed by atoms with Crippen LogP contribution in [0.15, 0.2) is 23.2 Å². The van der Waals surface area contributed by atoms with Crippen molar-refractivity contribution in [3.8, 4) is 0 Å². The van der Waals surface area contributed by atoms with E-state index in [0.717, 1.165) is 24.0 Å². The third-order valence-corrected chi connectivity index (χ3v) is 2.68. The molecule has 0 heterocycles. The fourth-order valence-electron chi connectivity index (χ4n) is 2.01. The van der Waals surface area contributed by atoms with Crippen LogP contribution in [0.4, 0.5) is 4.39 Å². The molecule has 1 aromatic rings. The van der Waals surface area contributed by atoms with Gasteiger partial charge in [0.05, 0.1) is 6.54 Å². The van der Waals surface area contributed by atoms with E-state index in [4.69, 9.17) is 0 Å². The summed E-state index contributed by atoms with van der Waals surface area (Å²) in [5.41, 5.74) is 2.18. The maximum absolute atomic E-state index is 12.9. The molecule has 1 aromatic carbocycles. The number of isocyanates is 1. The second kappa shape index (κ2) is 3.72. The van der Waals surface area contributed by atoms with E-state index in [1.54, 1.807) is 12.1 Å². The Bertz CT molecular complexity index is 396. The first kappa shape index (κ1) is 9.10. The lowest BCUT2D eigenvalue weighted by Crippen LogP contribution is -1.97. The van der Waals surface area contributed by atoms with Crippen molar-refractivity contribution in [3.63, 3.8) is 0 Å². The third-order valence-electron chi connectivity index (χ3n) is 2.68. The lowest BCUT2D eigenvalue weighted by Gasteiger charge is -2.06. The molecule has 2 rings (SSSR count). The summed E-state index contributed by atoms with van der Waals surface area (Å²) in [4.78, 5) is 13.6. The third kappa shape index (κ3) is 1.59. The molecule has 2 nitrogen and oxygen atoms in total. The molecule has 0 aliphatic heterocycles.